The van der Waals surface area contributed by atoms with E-state index in [0.717, 1.165) is 38.6 Å². The first-order valence-electron chi connectivity index (χ1n) is 8.74. The summed E-state index contributed by atoms with van der Waals surface area (Å²) in [4.78, 5) is 26.9. The van der Waals surface area contributed by atoms with Crippen LogP contribution >= 0.6 is 0 Å². The van der Waals surface area contributed by atoms with E-state index in [1.54, 1.807) is 6.92 Å². The fourth-order valence-corrected chi connectivity index (χ4v) is 4.18. The van der Waals surface area contributed by atoms with Crippen LogP contribution in [0.2, 0.25) is 0 Å². The summed E-state index contributed by atoms with van der Waals surface area (Å²) in [5.41, 5.74) is 0. The highest BCUT2D eigenvalue weighted by Gasteiger charge is 2.37. The van der Waals surface area contributed by atoms with Gasteiger partial charge in [0.05, 0.1) is 6.54 Å². The lowest BCUT2D eigenvalue weighted by Crippen LogP contribution is -2.51. The van der Waals surface area contributed by atoms with Gasteiger partial charge in [0.15, 0.2) is 0 Å². The Morgan fingerprint density at radius 2 is 1.77 bits per heavy atom. The van der Waals surface area contributed by atoms with Crippen molar-refractivity contribution in [2.24, 2.45) is 17.7 Å². The predicted octanol–water partition coefficient (Wildman–Crippen LogP) is 1.96. The van der Waals surface area contributed by atoms with Gasteiger partial charge in [-0.1, -0.05) is 12.8 Å². The molecule has 0 spiro atoms. The van der Waals surface area contributed by atoms with Crippen molar-refractivity contribution in [3.63, 3.8) is 0 Å². The minimum absolute atomic E-state index is 0.0319. The molecule has 0 bridgehead atoms. The Hall–Kier alpha value is -0.940. The number of nitrogens with zero attached hydrogens (tertiary/aromatic N) is 2. The van der Waals surface area contributed by atoms with E-state index in [2.05, 4.69) is 18.7 Å². The summed E-state index contributed by atoms with van der Waals surface area (Å²) in [6, 6.07) is 0.837. The zero-order valence-corrected chi connectivity index (χ0v) is 14.3. The van der Waals surface area contributed by atoms with Crippen LogP contribution in [-0.4, -0.2) is 46.8 Å². The fraction of sp³-hybridized carbons (Fsp3) is 0.882. The molecule has 1 amide bonds. The molecule has 3 atom stereocenters. The van der Waals surface area contributed by atoms with E-state index in [-0.39, 0.29) is 23.5 Å². The molecule has 2 fully saturated rings. The summed E-state index contributed by atoms with van der Waals surface area (Å²) in [5.74, 6) is 5.87. The molecule has 1 saturated heterocycles. The van der Waals surface area contributed by atoms with Crippen molar-refractivity contribution < 1.29 is 9.59 Å². The Bertz CT molecular complexity index is 411. The Balaban J connectivity index is 1.97. The fourth-order valence-electron chi connectivity index (χ4n) is 4.18. The van der Waals surface area contributed by atoms with Crippen molar-refractivity contribution in [1.82, 2.24) is 9.91 Å². The number of amides is 1. The summed E-state index contributed by atoms with van der Waals surface area (Å²) >= 11 is 0. The summed E-state index contributed by atoms with van der Waals surface area (Å²) < 4.78 is 0. The first kappa shape index (κ1) is 17.4. The zero-order chi connectivity index (χ0) is 16.3. The van der Waals surface area contributed by atoms with Crippen molar-refractivity contribution in [3.05, 3.63) is 0 Å². The quantitative estimate of drug-likeness (QED) is 0.479. The van der Waals surface area contributed by atoms with E-state index >= 15 is 0 Å². The van der Waals surface area contributed by atoms with Crippen LogP contribution in [0.25, 0.3) is 0 Å². The first-order valence-corrected chi connectivity index (χ1v) is 8.74. The van der Waals surface area contributed by atoms with E-state index in [1.165, 1.54) is 11.4 Å². The van der Waals surface area contributed by atoms with Crippen molar-refractivity contribution in [2.75, 3.05) is 13.1 Å². The van der Waals surface area contributed by atoms with E-state index in [4.69, 9.17) is 5.84 Å². The van der Waals surface area contributed by atoms with Crippen LogP contribution in [0.4, 0.5) is 0 Å². The lowest BCUT2D eigenvalue weighted by atomic mass is 9.76. The maximum absolute atomic E-state index is 12.7. The summed E-state index contributed by atoms with van der Waals surface area (Å²) in [6.45, 7) is 7.65. The molecule has 126 valence electrons. The number of likely N-dealkylation sites (tertiary alicyclic amines) is 1. The molecule has 0 aromatic heterocycles. The molecule has 22 heavy (non-hydrogen) atoms. The number of nitrogens with two attached hydrogens (primary N) is 1. The van der Waals surface area contributed by atoms with Gasteiger partial charge in [0.25, 0.3) is 0 Å². The number of hydrogen-bond donors (Lipinski definition) is 1. The molecular formula is C17H31N3O2. The van der Waals surface area contributed by atoms with Gasteiger partial charge in [0.1, 0.15) is 5.78 Å². The standard InChI is InChI=1S/C17H31N3O2/c1-12(2)19-10-6-7-14(19)11-20(18)17(22)16-9-5-4-8-15(16)13(3)21/h12,14-16H,4-11,18H2,1-3H3/t14-,15-,16-/m0/s1. The van der Waals surface area contributed by atoms with E-state index in [0.29, 0.717) is 18.6 Å². The number of carbonyl (C=O) groups excluding carboxylic acids is 2. The van der Waals surface area contributed by atoms with Gasteiger partial charge in [-0.3, -0.25) is 19.5 Å². The smallest absolute Gasteiger partial charge is 0.240 e. The lowest BCUT2D eigenvalue weighted by molar-refractivity contribution is -0.143. The van der Waals surface area contributed by atoms with E-state index in [9.17, 15) is 9.59 Å². The monoisotopic (exact) mass is 309 g/mol. The van der Waals surface area contributed by atoms with Crippen molar-refractivity contribution in [3.8, 4) is 0 Å². The van der Waals surface area contributed by atoms with Gasteiger partial charge in [-0.15, -0.1) is 0 Å². The van der Waals surface area contributed by atoms with Gasteiger partial charge < -0.3 is 0 Å². The van der Waals surface area contributed by atoms with Crippen LogP contribution in [-0.2, 0) is 9.59 Å². The molecule has 0 radical (unpaired) electrons. The number of carbonyl (C=O) groups is 2. The minimum Gasteiger partial charge on any atom is -0.300 e. The maximum Gasteiger partial charge on any atom is 0.240 e. The number of hydrogen-bond acceptors (Lipinski definition) is 4. The molecule has 5 nitrogen and oxygen atoms in total. The molecule has 1 aliphatic heterocycles. The van der Waals surface area contributed by atoms with E-state index < -0.39 is 0 Å². The highest BCUT2D eigenvalue weighted by molar-refractivity contribution is 5.87. The van der Waals surface area contributed by atoms with Gasteiger partial charge in [-0.05, 0) is 53.0 Å². The molecular weight excluding hydrogens is 278 g/mol. The van der Waals surface area contributed by atoms with Crippen LogP contribution in [0.15, 0.2) is 0 Å². The molecule has 2 aliphatic rings. The average Bonchev–Trinajstić information content (AvgIpc) is 2.94. The Morgan fingerprint density at radius 3 is 2.36 bits per heavy atom. The van der Waals surface area contributed by atoms with Crippen LogP contribution in [0.3, 0.4) is 0 Å². The number of hydrazine groups is 1. The third-order valence-corrected chi connectivity index (χ3v) is 5.38. The topological polar surface area (TPSA) is 66.6 Å². The summed E-state index contributed by atoms with van der Waals surface area (Å²) in [5, 5.41) is 1.40. The maximum atomic E-state index is 12.7. The van der Waals surface area contributed by atoms with Gasteiger partial charge in [0.2, 0.25) is 5.91 Å². The van der Waals surface area contributed by atoms with Crippen LogP contribution in [0, 0.1) is 11.8 Å². The lowest BCUT2D eigenvalue weighted by Gasteiger charge is -2.35. The predicted molar refractivity (Wildman–Crippen MR) is 86.9 cm³/mol. The molecule has 1 aliphatic carbocycles. The normalized spacial score (nSPS) is 29.8. The Labute approximate surface area is 134 Å². The second-order valence-electron chi connectivity index (χ2n) is 7.23. The first-order chi connectivity index (χ1) is 10.4. The van der Waals surface area contributed by atoms with E-state index in [1.807, 2.05) is 0 Å². The molecule has 0 aromatic carbocycles. The zero-order valence-electron chi connectivity index (χ0n) is 14.3. The number of ketones is 1. The van der Waals surface area contributed by atoms with Gasteiger partial charge >= 0.3 is 0 Å². The molecule has 1 saturated carbocycles. The van der Waals surface area contributed by atoms with Gasteiger partial charge in [0, 0.05) is 23.9 Å². The summed E-state index contributed by atoms with van der Waals surface area (Å²) in [7, 11) is 0. The summed E-state index contributed by atoms with van der Waals surface area (Å²) in [6.07, 6.45) is 5.97. The molecule has 2 N–H and O–H groups in total. The van der Waals surface area contributed by atoms with Crippen LogP contribution < -0.4 is 5.84 Å². The average molecular weight is 309 g/mol. The largest absolute Gasteiger partial charge is 0.300 e. The molecule has 0 aromatic rings. The van der Waals surface area contributed by atoms with Crippen LogP contribution in [0.5, 0.6) is 0 Å². The van der Waals surface area contributed by atoms with Crippen LogP contribution in [0.1, 0.15) is 59.3 Å². The number of rotatable bonds is 5. The second-order valence-corrected chi connectivity index (χ2v) is 7.23. The van der Waals surface area contributed by atoms with Crippen molar-refractivity contribution in [2.45, 2.75) is 71.4 Å². The Kier molecular flexibility index (Phi) is 5.98. The third kappa shape index (κ3) is 3.87. The minimum atomic E-state index is -0.204. The highest BCUT2D eigenvalue weighted by Crippen LogP contribution is 2.32. The second kappa shape index (κ2) is 7.55. The molecule has 1 heterocycles. The Morgan fingerprint density at radius 1 is 1.14 bits per heavy atom. The van der Waals surface area contributed by atoms with Crippen molar-refractivity contribution in [1.29, 1.82) is 0 Å². The third-order valence-electron chi connectivity index (χ3n) is 5.38. The molecule has 5 heteroatoms. The van der Waals surface area contributed by atoms with Crippen molar-refractivity contribution >= 4 is 11.7 Å². The molecule has 0 unspecified atom stereocenters. The SMILES string of the molecule is CC(=O)[C@@H]1CCCC[C@@H]1C(=O)N(N)C[C@@H]1CCCN1C(C)C. The molecule has 2 rings (SSSR count). The number of Topliss-reactive ketones (excluding diaryl/α,β-unsaturated/α-hetero) is 1. The highest BCUT2D eigenvalue weighted by atomic mass is 16.2. The van der Waals surface area contributed by atoms with Gasteiger partial charge in [-0.25, -0.2) is 5.84 Å². The van der Waals surface area contributed by atoms with Gasteiger partial charge in [-0.2, -0.15) is 0 Å².